The lowest BCUT2D eigenvalue weighted by Gasteiger charge is -2.35. The number of benzene rings is 1. The summed E-state index contributed by atoms with van der Waals surface area (Å²) in [5.74, 6) is 0.574. The third-order valence-electron chi connectivity index (χ3n) is 5.26. The summed E-state index contributed by atoms with van der Waals surface area (Å²) >= 11 is 0. The fraction of sp³-hybridized carbons (Fsp3) is 0.450. The van der Waals surface area contributed by atoms with Gasteiger partial charge in [0.25, 0.3) is 0 Å². The molecule has 0 radical (unpaired) electrons. The van der Waals surface area contributed by atoms with Crippen LogP contribution < -0.4 is 5.32 Å². The molecule has 1 N–H and O–H groups in total. The topological polar surface area (TPSA) is 58.9 Å². The Bertz CT molecular complexity index is 896. The van der Waals surface area contributed by atoms with E-state index in [2.05, 4.69) is 38.6 Å². The quantitative estimate of drug-likeness (QED) is 0.749. The van der Waals surface area contributed by atoms with Gasteiger partial charge in [0.15, 0.2) is 5.65 Å². The van der Waals surface area contributed by atoms with Crippen LogP contribution in [0.2, 0.25) is 0 Å². The normalized spacial score (nSPS) is 16.3. The molecule has 1 fully saturated rings. The molecule has 0 aliphatic carbocycles. The van der Waals surface area contributed by atoms with Gasteiger partial charge in [-0.15, -0.1) is 0 Å². The van der Waals surface area contributed by atoms with Crippen molar-refractivity contribution in [1.29, 1.82) is 0 Å². The standard InChI is InChI=1S/C20H25FN6/c1-14(2)26-9-7-17(8-10-26)24-20-25-18-11-22-13-23-19(18)27(20)12-15-3-5-16(21)6-4-15/h3-6,11,13-14,17H,7-10,12H2,1-2H3,(H,24,25). The molecule has 142 valence electrons. The molecular weight excluding hydrogens is 343 g/mol. The van der Waals surface area contributed by atoms with Crippen LogP contribution in [0.3, 0.4) is 0 Å². The highest BCUT2D eigenvalue weighted by molar-refractivity contribution is 5.73. The fourth-order valence-electron chi connectivity index (χ4n) is 3.65. The highest BCUT2D eigenvalue weighted by atomic mass is 19.1. The largest absolute Gasteiger partial charge is 0.353 e. The average molecular weight is 368 g/mol. The predicted molar refractivity (Wildman–Crippen MR) is 104 cm³/mol. The molecule has 4 rings (SSSR count). The molecule has 0 unspecified atom stereocenters. The monoisotopic (exact) mass is 368 g/mol. The Morgan fingerprint density at radius 3 is 2.63 bits per heavy atom. The molecule has 27 heavy (non-hydrogen) atoms. The van der Waals surface area contributed by atoms with E-state index in [1.54, 1.807) is 18.3 Å². The molecule has 7 heteroatoms. The van der Waals surface area contributed by atoms with E-state index in [1.165, 1.54) is 18.5 Å². The second-order valence-corrected chi connectivity index (χ2v) is 7.43. The third kappa shape index (κ3) is 3.93. The van der Waals surface area contributed by atoms with Crippen LogP contribution in [0.1, 0.15) is 32.3 Å². The minimum Gasteiger partial charge on any atom is -0.353 e. The summed E-state index contributed by atoms with van der Waals surface area (Å²) in [5, 5.41) is 3.61. The van der Waals surface area contributed by atoms with Crippen molar-refractivity contribution in [1.82, 2.24) is 24.4 Å². The molecule has 0 bridgehead atoms. The molecule has 0 spiro atoms. The zero-order valence-electron chi connectivity index (χ0n) is 15.8. The van der Waals surface area contributed by atoms with Crippen molar-refractivity contribution >= 4 is 17.1 Å². The van der Waals surface area contributed by atoms with E-state index in [1.807, 2.05) is 0 Å². The minimum atomic E-state index is -0.230. The number of halogens is 1. The van der Waals surface area contributed by atoms with Crippen LogP contribution >= 0.6 is 0 Å². The highest BCUT2D eigenvalue weighted by Gasteiger charge is 2.23. The average Bonchev–Trinajstić information content (AvgIpc) is 3.01. The van der Waals surface area contributed by atoms with Crippen molar-refractivity contribution < 1.29 is 4.39 Å². The zero-order chi connectivity index (χ0) is 18.8. The summed E-state index contributed by atoms with van der Waals surface area (Å²) in [5.41, 5.74) is 2.56. The molecule has 3 heterocycles. The van der Waals surface area contributed by atoms with Crippen LogP contribution in [0.15, 0.2) is 36.8 Å². The second kappa shape index (κ2) is 7.60. The smallest absolute Gasteiger partial charge is 0.205 e. The Morgan fingerprint density at radius 2 is 1.93 bits per heavy atom. The summed E-state index contributed by atoms with van der Waals surface area (Å²) in [7, 11) is 0. The van der Waals surface area contributed by atoms with Crippen molar-refractivity contribution in [3.05, 3.63) is 48.2 Å². The number of hydrogen-bond donors (Lipinski definition) is 1. The fourth-order valence-corrected chi connectivity index (χ4v) is 3.65. The van der Waals surface area contributed by atoms with Gasteiger partial charge in [0.05, 0.1) is 12.7 Å². The Kier molecular flexibility index (Phi) is 5.03. The molecule has 1 saturated heterocycles. The van der Waals surface area contributed by atoms with Crippen molar-refractivity contribution in [3.8, 4) is 0 Å². The first-order valence-electron chi connectivity index (χ1n) is 9.51. The molecule has 0 saturated carbocycles. The highest BCUT2D eigenvalue weighted by Crippen LogP contribution is 2.22. The third-order valence-corrected chi connectivity index (χ3v) is 5.26. The lowest BCUT2D eigenvalue weighted by molar-refractivity contribution is 0.177. The number of likely N-dealkylation sites (tertiary alicyclic amines) is 1. The van der Waals surface area contributed by atoms with E-state index in [0.717, 1.165) is 48.6 Å². The van der Waals surface area contributed by atoms with Crippen LogP contribution in [-0.2, 0) is 6.54 Å². The Balaban J connectivity index is 1.57. The number of hydrogen-bond acceptors (Lipinski definition) is 5. The molecule has 1 aliphatic heterocycles. The maximum Gasteiger partial charge on any atom is 0.205 e. The molecule has 3 aromatic rings. The Labute approximate surface area is 158 Å². The number of rotatable bonds is 5. The van der Waals surface area contributed by atoms with E-state index < -0.39 is 0 Å². The van der Waals surface area contributed by atoms with E-state index in [-0.39, 0.29) is 5.82 Å². The van der Waals surface area contributed by atoms with Crippen molar-refractivity contribution in [2.75, 3.05) is 18.4 Å². The predicted octanol–water partition coefficient (Wildman–Crippen LogP) is 3.30. The molecule has 0 amide bonds. The number of aromatic nitrogens is 4. The van der Waals surface area contributed by atoms with E-state index in [4.69, 9.17) is 4.98 Å². The maximum atomic E-state index is 13.2. The lowest BCUT2D eigenvalue weighted by atomic mass is 10.0. The van der Waals surface area contributed by atoms with Gasteiger partial charge in [-0.1, -0.05) is 12.1 Å². The summed E-state index contributed by atoms with van der Waals surface area (Å²) in [4.78, 5) is 15.7. The summed E-state index contributed by atoms with van der Waals surface area (Å²) < 4.78 is 15.3. The number of piperidine rings is 1. The molecule has 1 aliphatic rings. The van der Waals surface area contributed by atoms with Gasteiger partial charge in [-0.05, 0) is 44.4 Å². The van der Waals surface area contributed by atoms with Gasteiger partial charge in [-0.3, -0.25) is 4.57 Å². The van der Waals surface area contributed by atoms with Crippen LogP contribution in [0.4, 0.5) is 10.3 Å². The van der Waals surface area contributed by atoms with Gasteiger partial charge >= 0.3 is 0 Å². The lowest BCUT2D eigenvalue weighted by Crippen LogP contribution is -2.42. The van der Waals surface area contributed by atoms with Gasteiger partial charge < -0.3 is 10.2 Å². The van der Waals surface area contributed by atoms with E-state index >= 15 is 0 Å². The minimum absolute atomic E-state index is 0.230. The van der Waals surface area contributed by atoms with Gasteiger partial charge in [0.1, 0.15) is 17.7 Å². The SMILES string of the molecule is CC(C)N1CCC(Nc2nc3cncnc3n2Cc2ccc(F)cc2)CC1. The summed E-state index contributed by atoms with van der Waals surface area (Å²) in [6.07, 6.45) is 5.44. The Hall–Kier alpha value is -2.54. The van der Waals surface area contributed by atoms with Gasteiger partial charge in [0, 0.05) is 25.2 Å². The van der Waals surface area contributed by atoms with Crippen molar-refractivity contribution in [2.24, 2.45) is 0 Å². The first kappa shape index (κ1) is 17.9. The van der Waals surface area contributed by atoms with Crippen LogP contribution in [-0.4, -0.2) is 49.6 Å². The molecule has 0 atom stereocenters. The van der Waals surface area contributed by atoms with Crippen molar-refractivity contribution in [2.45, 2.75) is 45.3 Å². The second-order valence-electron chi connectivity index (χ2n) is 7.43. The first-order chi connectivity index (χ1) is 13.1. The van der Waals surface area contributed by atoms with Gasteiger partial charge in [-0.25, -0.2) is 19.3 Å². The van der Waals surface area contributed by atoms with Crippen LogP contribution in [0, 0.1) is 5.82 Å². The Morgan fingerprint density at radius 1 is 1.19 bits per heavy atom. The first-order valence-corrected chi connectivity index (χ1v) is 9.51. The molecular formula is C20H25FN6. The molecule has 2 aromatic heterocycles. The van der Waals surface area contributed by atoms with Gasteiger partial charge in [0.2, 0.25) is 5.95 Å². The van der Waals surface area contributed by atoms with Crippen LogP contribution in [0.5, 0.6) is 0 Å². The molecule has 1 aromatic carbocycles. The summed E-state index contributed by atoms with van der Waals surface area (Å²) in [6, 6.07) is 7.54. The number of nitrogens with one attached hydrogen (secondary N) is 1. The maximum absolute atomic E-state index is 13.2. The van der Waals surface area contributed by atoms with E-state index in [9.17, 15) is 4.39 Å². The number of imidazole rings is 1. The number of fused-ring (bicyclic) bond motifs is 1. The van der Waals surface area contributed by atoms with Crippen LogP contribution in [0.25, 0.3) is 11.2 Å². The van der Waals surface area contributed by atoms with E-state index in [0.29, 0.717) is 18.6 Å². The van der Waals surface area contributed by atoms with Crippen molar-refractivity contribution in [3.63, 3.8) is 0 Å². The molecule has 6 nitrogen and oxygen atoms in total. The number of anilines is 1. The van der Waals surface area contributed by atoms with Gasteiger partial charge in [-0.2, -0.15) is 0 Å². The zero-order valence-corrected chi connectivity index (χ0v) is 15.8. The summed E-state index contributed by atoms with van der Waals surface area (Å²) in [6.45, 7) is 7.25. The number of nitrogens with zero attached hydrogens (tertiary/aromatic N) is 5.